The molecule has 0 aliphatic heterocycles. The lowest BCUT2D eigenvalue weighted by atomic mass is 10.1. The van der Waals surface area contributed by atoms with Gasteiger partial charge in [-0.05, 0) is 30.3 Å². The van der Waals surface area contributed by atoms with E-state index in [1.807, 2.05) is 0 Å². The van der Waals surface area contributed by atoms with Crippen LogP contribution in [-0.2, 0) is 6.18 Å². The highest BCUT2D eigenvalue weighted by atomic mass is 19.4. The fourth-order valence-corrected chi connectivity index (χ4v) is 2.21. The monoisotopic (exact) mass is 406 g/mol. The molecule has 2 rings (SSSR count). The second-order valence-corrected chi connectivity index (χ2v) is 5.19. The molecule has 0 saturated heterocycles. The minimum atomic E-state index is -5.01. The number of amides is 1. The number of methoxy groups -OCH3 is 1. The SMILES string of the molecule is COc1cc(C(=O)Nc2ccc([N+](=O)[O-])c(C(F)(F)F)c2)ccc1OC(F)F. The maximum absolute atomic E-state index is 13.0. The summed E-state index contributed by atoms with van der Waals surface area (Å²) in [5, 5.41) is 12.9. The van der Waals surface area contributed by atoms with Crippen molar-refractivity contribution in [2.24, 2.45) is 0 Å². The molecular formula is C16H11F5N2O5. The molecule has 0 bridgehead atoms. The Labute approximate surface area is 153 Å². The Morgan fingerprint density at radius 3 is 2.36 bits per heavy atom. The normalized spacial score (nSPS) is 11.2. The summed E-state index contributed by atoms with van der Waals surface area (Å²) in [6, 6.07) is 5.11. The van der Waals surface area contributed by atoms with Gasteiger partial charge >= 0.3 is 12.8 Å². The highest BCUT2D eigenvalue weighted by Crippen LogP contribution is 2.37. The summed E-state index contributed by atoms with van der Waals surface area (Å²) in [6.45, 7) is -3.13. The van der Waals surface area contributed by atoms with Crippen LogP contribution in [0.15, 0.2) is 36.4 Å². The number of nitrogens with one attached hydrogen (secondary N) is 1. The van der Waals surface area contributed by atoms with Crippen molar-refractivity contribution < 1.29 is 41.1 Å². The summed E-state index contributed by atoms with van der Waals surface area (Å²) in [7, 11) is 1.14. The molecule has 0 heterocycles. The number of carbonyl (C=O) groups is 1. The molecule has 28 heavy (non-hydrogen) atoms. The van der Waals surface area contributed by atoms with Crippen LogP contribution in [0.2, 0.25) is 0 Å². The van der Waals surface area contributed by atoms with Crippen LogP contribution in [0.5, 0.6) is 11.5 Å². The first-order chi connectivity index (χ1) is 13.0. The fourth-order valence-electron chi connectivity index (χ4n) is 2.21. The van der Waals surface area contributed by atoms with E-state index in [1.54, 1.807) is 0 Å². The average Bonchev–Trinajstić information content (AvgIpc) is 2.60. The van der Waals surface area contributed by atoms with E-state index < -0.39 is 34.9 Å². The Morgan fingerprint density at radius 1 is 1.14 bits per heavy atom. The second kappa shape index (κ2) is 8.06. The number of nitro benzene ring substituents is 1. The van der Waals surface area contributed by atoms with Crippen LogP contribution < -0.4 is 14.8 Å². The molecule has 150 valence electrons. The highest BCUT2D eigenvalue weighted by Gasteiger charge is 2.38. The molecule has 0 spiro atoms. The predicted octanol–water partition coefficient (Wildman–Crippen LogP) is 4.48. The van der Waals surface area contributed by atoms with E-state index in [9.17, 15) is 36.9 Å². The predicted molar refractivity (Wildman–Crippen MR) is 85.7 cm³/mol. The van der Waals surface area contributed by atoms with Crippen LogP contribution in [-0.4, -0.2) is 24.6 Å². The van der Waals surface area contributed by atoms with Gasteiger partial charge in [0.1, 0.15) is 5.56 Å². The van der Waals surface area contributed by atoms with Gasteiger partial charge in [0, 0.05) is 17.3 Å². The topological polar surface area (TPSA) is 90.7 Å². The summed E-state index contributed by atoms with van der Waals surface area (Å²) >= 11 is 0. The highest BCUT2D eigenvalue weighted by molar-refractivity contribution is 6.04. The molecule has 7 nitrogen and oxygen atoms in total. The molecule has 0 fully saturated rings. The summed E-state index contributed by atoms with van der Waals surface area (Å²) in [5.41, 5.74) is -3.19. The zero-order chi connectivity index (χ0) is 21.1. The smallest absolute Gasteiger partial charge is 0.423 e. The van der Waals surface area contributed by atoms with Crippen molar-refractivity contribution in [3.8, 4) is 11.5 Å². The largest absolute Gasteiger partial charge is 0.493 e. The third kappa shape index (κ3) is 4.84. The number of hydrogen-bond donors (Lipinski definition) is 1. The van der Waals surface area contributed by atoms with Crippen molar-refractivity contribution in [3.05, 3.63) is 57.6 Å². The summed E-state index contributed by atoms with van der Waals surface area (Å²) in [6.07, 6.45) is -5.01. The van der Waals surface area contributed by atoms with Crippen molar-refractivity contribution in [1.29, 1.82) is 0 Å². The summed E-state index contributed by atoms with van der Waals surface area (Å²) in [5.74, 6) is -1.44. The zero-order valence-electron chi connectivity index (χ0n) is 13.9. The number of carbonyl (C=O) groups excluding carboxylic acids is 1. The van der Waals surface area contributed by atoms with Gasteiger partial charge in [-0.1, -0.05) is 0 Å². The van der Waals surface area contributed by atoms with E-state index in [4.69, 9.17) is 4.74 Å². The first-order valence-corrected chi connectivity index (χ1v) is 7.32. The summed E-state index contributed by atoms with van der Waals surface area (Å²) < 4.78 is 72.6. The van der Waals surface area contributed by atoms with Gasteiger partial charge in [-0.3, -0.25) is 14.9 Å². The summed E-state index contributed by atoms with van der Waals surface area (Å²) in [4.78, 5) is 21.8. The first-order valence-electron chi connectivity index (χ1n) is 7.32. The molecule has 0 atom stereocenters. The van der Waals surface area contributed by atoms with E-state index in [-0.39, 0.29) is 22.7 Å². The van der Waals surface area contributed by atoms with Crippen LogP contribution in [0.25, 0.3) is 0 Å². The standard InChI is InChI=1S/C16H11F5N2O5/c1-27-13-6-8(2-5-12(13)28-15(17)18)14(24)22-9-3-4-11(23(25)26)10(7-9)16(19,20)21/h2-7,15H,1H3,(H,22,24). The molecule has 2 aromatic rings. The Hall–Kier alpha value is -3.44. The minimum absolute atomic E-state index is 0.134. The number of ether oxygens (including phenoxy) is 2. The number of hydrogen-bond acceptors (Lipinski definition) is 5. The van der Waals surface area contributed by atoms with Crippen LogP contribution in [0.3, 0.4) is 0 Å². The lowest BCUT2D eigenvalue weighted by molar-refractivity contribution is -0.388. The van der Waals surface area contributed by atoms with Gasteiger partial charge < -0.3 is 14.8 Å². The number of halogens is 5. The van der Waals surface area contributed by atoms with E-state index in [1.165, 1.54) is 0 Å². The number of rotatable bonds is 6. The van der Waals surface area contributed by atoms with Crippen molar-refractivity contribution in [2.75, 3.05) is 12.4 Å². The first kappa shape index (κ1) is 20.9. The lowest BCUT2D eigenvalue weighted by Crippen LogP contribution is -2.14. The van der Waals surface area contributed by atoms with Crippen LogP contribution >= 0.6 is 0 Å². The molecule has 0 aromatic heterocycles. The van der Waals surface area contributed by atoms with Gasteiger partial charge in [-0.25, -0.2) is 0 Å². The number of nitro groups is 1. The maximum atomic E-state index is 13.0. The number of alkyl halides is 5. The maximum Gasteiger partial charge on any atom is 0.423 e. The van der Waals surface area contributed by atoms with Crippen molar-refractivity contribution in [2.45, 2.75) is 12.8 Å². The molecule has 0 saturated carbocycles. The quantitative estimate of drug-likeness (QED) is 0.434. The Kier molecular flexibility index (Phi) is 6.01. The van der Waals surface area contributed by atoms with E-state index in [0.717, 1.165) is 31.4 Å². The molecule has 2 aromatic carbocycles. The van der Waals surface area contributed by atoms with Gasteiger partial charge in [0.25, 0.3) is 11.6 Å². The molecular weight excluding hydrogens is 395 g/mol. The van der Waals surface area contributed by atoms with Crippen molar-refractivity contribution in [1.82, 2.24) is 0 Å². The van der Waals surface area contributed by atoms with Gasteiger partial charge in [-0.15, -0.1) is 0 Å². The Morgan fingerprint density at radius 2 is 1.82 bits per heavy atom. The zero-order valence-corrected chi connectivity index (χ0v) is 13.9. The average molecular weight is 406 g/mol. The molecule has 1 N–H and O–H groups in total. The van der Waals surface area contributed by atoms with E-state index >= 15 is 0 Å². The molecule has 1 amide bonds. The van der Waals surface area contributed by atoms with Crippen LogP contribution in [0.1, 0.15) is 15.9 Å². The van der Waals surface area contributed by atoms with Crippen molar-refractivity contribution >= 4 is 17.3 Å². The molecule has 0 unspecified atom stereocenters. The number of anilines is 1. The van der Waals surface area contributed by atoms with Gasteiger partial charge in [0.15, 0.2) is 11.5 Å². The van der Waals surface area contributed by atoms with Crippen molar-refractivity contribution in [3.63, 3.8) is 0 Å². The van der Waals surface area contributed by atoms with E-state index in [2.05, 4.69) is 10.1 Å². The number of nitrogens with zero attached hydrogens (tertiary/aromatic N) is 1. The molecule has 0 aliphatic carbocycles. The molecule has 0 radical (unpaired) electrons. The van der Waals surface area contributed by atoms with E-state index in [0.29, 0.717) is 12.1 Å². The lowest BCUT2D eigenvalue weighted by Gasteiger charge is -2.13. The Balaban J connectivity index is 2.31. The van der Waals surface area contributed by atoms with Gasteiger partial charge in [0.2, 0.25) is 0 Å². The molecule has 12 heteroatoms. The third-order valence-corrected chi connectivity index (χ3v) is 3.40. The second-order valence-electron chi connectivity index (χ2n) is 5.19. The fraction of sp³-hybridized carbons (Fsp3) is 0.188. The number of benzene rings is 2. The van der Waals surface area contributed by atoms with Gasteiger partial charge in [0.05, 0.1) is 12.0 Å². The molecule has 0 aliphatic rings. The third-order valence-electron chi connectivity index (χ3n) is 3.40. The van der Waals surface area contributed by atoms with Crippen LogP contribution in [0.4, 0.5) is 33.3 Å². The minimum Gasteiger partial charge on any atom is -0.493 e. The van der Waals surface area contributed by atoms with Gasteiger partial charge in [-0.2, -0.15) is 22.0 Å². The van der Waals surface area contributed by atoms with Crippen LogP contribution in [0, 0.1) is 10.1 Å². The Bertz CT molecular complexity index is 901.